The van der Waals surface area contributed by atoms with Gasteiger partial charge in [0.2, 0.25) is 0 Å². The van der Waals surface area contributed by atoms with Crippen molar-refractivity contribution in [1.82, 2.24) is 5.32 Å². The van der Waals surface area contributed by atoms with Gasteiger partial charge in [-0.05, 0) is 43.9 Å². The molecule has 1 aliphatic heterocycles. The fraction of sp³-hybridized carbons (Fsp3) is 0.647. The van der Waals surface area contributed by atoms with Crippen LogP contribution < -0.4 is 10.1 Å². The van der Waals surface area contributed by atoms with Crippen molar-refractivity contribution in [2.75, 3.05) is 6.54 Å². The third-order valence-corrected chi connectivity index (χ3v) is 4.81. The maximum atomic E-state index is 6.30. The molecule has 0 saturated heterocycles. The molecule has 1 heterocycles. The van der Waals surface area contributed by atoms with E-state index in [9.17, 15) is 0 Å². The van der Waals surface area contributed by atoms with Crippen LogP contribution in [0.1, 0.15) is 58.1 Å². The first-order valence-electron chi connectivity index (χ1n) is 7.89. The summed E-state index contributed by atoms with van der Waals surface area (Å²) in [5, 5.41) is 3.68. The molecule has 0 bridgehead atoms. The Kier molecular flexibility index (Phi) is 5.91. The van der Waals surface area contributed by atoms with Crippen LogP contribution in [0.3, 0.4) is 0 Å². The van der Waals surface area contributed by atoms with Gasteiger partial charge in [0, 0.05) is 22.5 Å². The van der Waals surface area contributed by atoms with Crippen molar-refractivity contribution < 1.29 is 4.74 Å². The van der Waals surface area contributed by atoms with Crippen LogP contribution in [-0.2, 0) is 0 Å². The van der Waals surface area contributed by atoms with E-state index in [-0.39, 0.29) is 0 Å². The summed E-state index contributed by atoms with van der Waals surface area (Å²) in [6.07, 6.45) is 4.96. The van der Waals surface area contributed by atoms with Crippen molar-refractivity contribution in [3.8, 4) is 5.75 Å². The lowest BCUT2D eigenvalue weighted by Gasteiger charge is -2.36. The Morgan fingerprint density at radius 1 is 1.30 bits per heavy atom. The molecule has 2 nitrogen and oxygen atoms in total. The summed E-state index contributed by atoms with van der Waals surface area (Å²) >= 11 is 3.55. The molecule has 0 saturated carbocycles. The number of halogens is 1. The minimum absolute atomic E-state index is 0.334. The Hall–Kier alpha value is -0.540. The molecular formula is C17H26BrNO. The van der Waals surface area contributed by atoms with Crippen LogP contribution in [0.2, 0.25) is 0 Å². The summed E-state index contributed by atoms with van der Waals surface area (Å²) in [4.78, 5) is 0. The Morgan fingerprint density at radius 2 is 2.05 bits per heavy atom. The molecule has 20 heavy (non-hydrogen) atoms. The fourth-order valence-corrected chi connectivity index (χ4v) is 3.42. The summed E-state index contributed by atoms with van der Waals surface area (Å²) in [5.74, 6) is 1.70. The third-order valence-electron chi connectivity index (χ3n) is 4.31. The van der Waals surface area contributed by atoms with Crippen LogP contribution in [0.15, 0.2) is 22.7 Å². The molecule has 0 amide bonds. The predicted molar refractivity (Wildman–Crippen MR) is 88.3 cm³/mol. The summed E-state index contributed by atoms with van der Waals surface area (Å²) in [6.45, 7) is 7.81. The van der Waals surface area contributed by atoms with Gasteiger partial charge in [0.05, 0.1) is 0 Å². The number of ether oxygens (including phenoxy) is 1. The zero-order valence-electron chi connectivity index (χ0n) is 12.8. The van der Waals surface area contributed by atoms with E-state index >= 15 is 0 Å². The molecule has 3 heteroatoms. The molecule has 2 atom stereocenters. The monoisotopic (exact) mass is 339 g/mol. The molecular weight excluding hydrogens is 314 g/mol. The van der Waals surface area contributed by atoms with Gasteiger partial charge in [0.25, 0.3) is 0 Å². The van der Waals surface area contributed by atoms with E-state index in [2.05, 4.69) is 60.2 Å². The summed E-state index contributed by atoms with van der Waals surface area (Å²) < 4.78 is 7.39. The maximum Gasteiger partial charge on any atom is 0.125 e. The largest absolute Gasteiger partial charge is 0.490 e. The van der Waals surface area contributed by atoms with Gasteiger partial charge in [-0.3, -0.25) is 0 Å². The second kappa shape index (κ2) is 7.46. The third kappa shape index (κ3) is 3.56. The molecule has 0 aliphatic carbocycles. The molecule has 112 valence electrons. The Morgan fingerprint density at radius 3 is 2.70 bits per heavy atom. The lowest BCUT2D eigenvalue weighted by molar-refractivity contribution is 0.0879. The minimum Gasteiger partial charge on any atom is -0.490 e. The van der Waals surface area contributed by atoms with E-state index in [4.69, 9.17) is 4.74 Å². The molecule has 2 unspecified atom stereocenters. The van der Waals surface area contributed by atoms with E-state index in [0.29, 0.717) is 18.1 Å². The number of hydrogen-bond donors (Lipinski definition) is 1. The highest BCUT2D eigenvalue weighted by atomic mass is 79.9. The zero-order chi connectivity index (χ0) is 14.5. The number of hydrogen-bond acceptors (Lipinski definition) is 2. The molecule has 0 radical (unpaired) electrons. The van der Waals surface area contributed by atoms with E-state index in [1.165, 1.54) is 24.8 Å². The van der Waals surface area contributed by atoms with Gasteiger partial charge in [0.1, 0.15) is 11.9 Å². The molecule has 0 spiro atoms. The normalized spacial score (nSPS) is 21.6. The highest BCUT2D eigenvalue weighted by molar-refractivity contribution is 9.10. The van der Waals surface area contributed by atoms with Crippen molar-refractivity contribution in [2.24, 2.45) is 5.92 Å². The van der Waals surface area contributed by atoms with Gasteiger partial charge >= 0.3 is 0 Å². The summed E-state index contributed by atoms with van der Waals surface area (Å²) in [5.41, 5.74) is 1.31. The Bertz CT molecular complexity index is 431. The molecule has 0 aromatic heterocycles. The van der Waals surface area contributed by atoms with Crippen LogP contribution >= 0.6 is 15.9 Å². The maximum absolute atomic E-state index is 6.30. The Balaban J connectivity index is 2.24. The van der Waals surface area contributed by atoms with Crippen molar-refractivity contribution in [2.45, 2.75) is 58.6 Å². The molecule has 2 rings (SSSR count). The molecule has 1 aliphatic rings. The first-order chi connectivity index (χ1) is 9.69. The first kappa shape index (κ1) is 15.8. The molecule has 1 aromatic rings. The lowest BCUT2D eigenvalue weighted by atomic mass is 9.87. The van der Waals surface area contributed by atoms with Crippen LogP contribution in [0, 0.1) is 5.92 Å². The van der Waals surface area contributed by atoms with Gasteiger partial charge in [-0.1, -0.05) is 42.8 Å². The summed E-state index contributed by atoms with van der Waals surface area (Å²) in [6, 6.07) is 6.85. The van der Waals surface area contributed by atoms with E-state index in [0.717, 1.165) is 23.2 Å². The number of benzene rings is 1. The van der Waals surface area contributed by atoms with E-state index < -0.39 is 0 Å². The predicted octanol–water partition coefficient (Wildman–Crippen LogP) is 5.08. The van der Waals surface area contributed by atoms with E-state index in [1.54, 1.807) is 0 Å². The minimum atomic E-state index is 0.334. The first-order valence-corrected chi connectivity index (χ1v) is 8.68. The van der Waals surface area contributed by atoms with Crippen molar-refractivity contribution >= 4 is 15.9 Å². The van der Waals surface area contributed by atoms with Gasteiger partial charge < -0.3 is 10.1 Å². The van der Waals surface area contributed by atoms with Crippen LogP contribution in [0.4, 0.5) is 0 Å². The van der Waals surface area contributed by atoms with Crippen LogP contribution in [-0.4, -0.2) is 12.6 Å². The van der Waals surface area contributed by atoms with Gasteiger partial charge in [-0.25, -0.2) is 0 Å². The standard InChI is InChI=1S/C17H26BrNO/c1-4-9-19-15-11-16(12(5-2)6-3)20-17-10-13(18)7-8-14(15)17/h7-8,10,12,15-16,19H,4-6,9,11H2,1-3H3. The highest BCUT2D eigenvalue weighted by Gasteiger charge is 2.31. The number of nitrogens with one attached hydrogen (secondary N) is 1. The average Bonchev–Trinajstić information content (AvgIpc) is 2.45. The SMILES string of the molecule is CCCNC1CC(C(CC)CC)Oc2cc(Br)ccc21. The number of fused-ring (bicyclic) bond motifs is 1. The second-order valence-electron chi connectivity index (χ2n) is 5.66. The van der Waals surface area contributed by atoms with E-state index in [1.807, 2.05) is 0 Å². The second-order valence-corrected chi connectivity index (χ2v) is 6.57. The van der Waals surface area contributed by atoms with Gasteiger partial charge in [-0.15, -0.1) is 0 Å². The van der Waals surface area contributed by atoms with Crippen molar-refractivity contribution in [1.29, 1.82) is 0 Å². The lowest BCUT2D eigenvalue weighted by Crippen LogP contribution is -2.37. The highest BCUT2D eigenvalue weighted by Crippen LogP contribution is 2.39. The van der Waals surface area contributed by atoms with Crippen LogP contribution in [0.25, 0.3) is 0 Å². The zero-order valence-corrected chi connectivity index (χ0v) is 14.4. The van der Waals surface area contributed by atoms with Crippen LogP contribution in [0.5, 0.6) is 5.75 Å². The van der Waals surface area contributed by atoms with Crippen molar-refractivity contribution in [3.05, 3.63) is 28.2 Å². The van der Waals surface area contributed by atoms with Gasteiger partial charge in [-0.2, -0.15) is 0 Å². The summed E-state index contributed by atoms with van der Waals surface area (Å²) in [7, 11) is 0. The van der Waals surface area contributed by atoms with Crippen molar-refractivity contribution in [3.63, 3.8) is 0 Å². The smallest absolute Gasteiger partial charge is 0.125 e. The number of rotatable bonds is 6. The molecule has 1 N–H and O–H groups in total. The van der Waals surface area contributed by atoms with Gasteiger partial charge in [0.15, 0.2) is 0 Å². The fourth-order valence-electron chi connectivity index (χ4n) is 3.08. The Labute approximate surface area is 131 Å². The quantitative estimate of drug-likeness (QED) is 0.780. The molecule has 0 fully saturated rings. The molecule has 1 aromatic carbocycles. The average molecular weight is 340 g/mol. The topological polar surface area (TPSA) is 21.3 Å².